The second-order valence-corrected chi connectivity index (χ2v) is 8.44. The van der Waals surface area contributed by atoms with Gasteiger partial charge in [0.05, 0.1) is 22.1 Å². The number of nitrogen functional groups attached to an aromatic ring is 1. The van der Waals surface area contributed by atoms with E-state index in [1.54, 1.807) is 0 Å². The number of benzene rings is 2. The number of nitrogens with two attached hydrogens (primary N) is 1. The molecule has 2 aromatic carbocycles. The van der Waals surface area contributed by atoms with Gasteiger partial charge >= 0.3 is 0 Å². The number of likely N-dealkylation sites (tertiary alicyclic amines) is 1. The van der Waals surface area contributed by atoms with Gasteiger partial charge in [0.1, 0.15) is 0 Å². The molecule has 3 heterocycles. The largest absolute Gasteiger partial charge is 0.494 e. The fraction of sp³-hybridized carbons (Fsp3) is 0.320. The van der Waals surface area contributed by atoms with Crippen LogP contribution in [0.25, 0.3) is 21.8 Å². The molecule has 0 aliphatic carbocycles. The van der Waals surface area contributed by atoms with Crippen molar-refractivity contribution < 1.29 is 5.11 Å². The average molecular weight is 401 g/mol. The molecule has 30 heavy (non-hydrogen) atoms. The Hall–Kier alpha value is -3.05. The third kappa shape index (κ3) is 3.61. The summed E-state index contributed by atoms with van der Waals surface area (Å²) in [4.78, 5) is 7.24. The number of fused-ring (bicyclic) bond motifs is 2. The predicted molar refractivity (Wildman–Crippen MR) is 122 cm³/mol. The summed E-state index contributed by atoms with van der Waals surface area (Å²) in [6.45, 7) is 4.11. The molecule has 5 rings (SSSR count). The van der Waals surface area contributed by atoms with Gasteiger partial charge in [-0.15, -0.1) is 0 Å². The zero-order valence-corrected chi connectivity index (χ0v) is 17.2. The summed E-state index contributed by atoms with van der Waals surface area (Å²) >= 11 is 0. The SMILES string of the molecule is Nc1c2ccccc2nc2cn(CCC3CCN(Cc4ccccc4)CC3)c(O)c12. The Balaban J connectivity index is 1.24. The monoisotopic (exact) mass is 400 g/mol. The number of rotatable bonds is 5. The van der Waals surface area contributed by atoms with Gasteiger partial charge in [0.15, 0.2) is 0 Å². The Morgan fingerprint density at radius 1 is 0.967 bits per heavy atom. The van der Waals surface area contributed by atoms with Crippen LogP contribution in [0.3, 0.4) is 0 Å². The van der Waals surface area contributed by atoms with Crippen molar-refractivity contribution in [3.63, 3.8) is 0 Å². The first-order valence-corrected chi connectivity index (χ1v) is 10.8. The molecule has 1 saturated heterocycles. The molecule has 4 aromatic rings. The lowest BCUT2D eigenvalue weighted by Gasteiger charge is -2.32. The van der Waals surface area contributed by atoms with Crippen LogP contribution in [0, 0.1) is 5.92 Å². The third-order valence-electron chi connectivity index (χ3n) is 6.47. The minimum absolute atomic E-state index is 0.238. The quantitative estimate of drug-likeness (QED) is 0.506. The van der Waals surface area contributed by atoms with E-state index in [4.69, 9.17) is 10.7 Å². The highest BCUT2D eigenvalue weighted by atomic mass is 16.3. The number of aryl methyl sites for hydroxylation is 1. The van der Waals surface area contributed by atoms with Crippen LogP contribution in [0.15, 0.2) is 60.8 Å². The standard InChI is InChI=1S/C25H28N4O/c26-24-20-8-4-5-9-21(20)27-22-17-29(25(30)23(22)24)15-12-18-10-13-28(14-11-18)16-19-6-2-1-3-7-19/h1-9,17-18,30H,10-16,26H2. The molecule has 3 N–H and O–H groups in total. The average Bonchev–Trinajstić information content (AvgIpc) is 3.09. The molecule has 5 heteroatoms. The third-order valence-corrected chi connectivity index (χ3v) is 6.47. The van der Waals surface area contributed by atoms with Gasteiger partial charge < -0.3 is 15.4 Å². The number of aromatic nitrogens is 2. The highest BCUT2D eigenvalue weighted by Crippen LogP contribution is 2.36. The second kappa shape index (κ2) is 8.00. The molecule has 5 nitrogen and oxygen atoms in total. The second-order valence-electron chi connectivity index (χ2n) is 8.44. The Morgan fingerprint density at radius 2 is 1.70 bits per heavy atom. The normalized spacial score (nSPS) is 15.9. The van der Waals surface area contributed by atoms with Crippen molar-refractivity contribution in [3.05, 3.63) is 66.4 Å². The first-order chi connectivity index (χ1) is 14.7. The van der Waals surface area contributed by atoms with Gasteiger partial charge in [-0.1, -0.05) is 48.5 Å². The molecule has 1 aliphatic rings. The lowest BCUT2D eigenvalue weighted by Crippen LogP contribution is -2.33. The molecule has 0 saturated carbocycles. The summed E-state index contributed by atoms with van der Waals surface area (Å²) < 4.78 is 1.92. The van der Waals surface area contributed by atoms with Crippen LogP contribution in [0.2, 0.25) is 0 Å². The van der Waals surface area contributed by atoms with Gasteiger partial charge in [-0.05, 0) is 49.9 Å². The van der Waals surface area contributed by atoms with E-state index in [0.29, 0.717) is 17.0 Å². The van der Waals surface area contributed by atoms with Gasteiger partial charge in [0.25, 0.3) is 0 Å². The zero-order valence-electron chi connectivity index (χ0n) is 17.2. The van der Waals surface area contributed by atoms with Crippen molar-refractivity contribution >= 4 is 27.5 Å². The molecule has 0 amide bonds. The molecule has 0 radical (unpaired) electrons. The van der Waals surface area contributed by atoms with Gasteiger partial charge in [0.2, 0.25) is 5.88 Å². The van der Waals surface area contributed by atoms with E-state index in [-0.39, 0.29) is 5.88 Å². The molecule has 0 bridgehead atoms. The number of hydrogen-bond acceptors (Lipinski definition) is 4. The fourth-order valence-corrected chi connectivity index (χ4v) is 4.70. The van der Waals surface area contributed by atoms with E-state index in [9.17, 15) is 5.11 Å². The predicted octanol–water partition coefficient (Wildman–Crippen LogP) is 4.78. The number of para-hydroxylation sites is 1. The molecule has 0 atom stereocenters. The highest BCUT2D eigenvalue weighted by molar-refractivity contribution is 6.08. The smallest absolute Gasteiger partial charge is 0.202 e. The van der Waals surface area contributed by atoms with E-state index in [0.717, 1.165) is 49.0 Å². The van der Waals surface area contributed by atoms with Crippen molar-refractivity contribution in [2.75, 3.05) is 18.8 Å². The van der Waals surface area contributed by atoms with E-state index in [1.807, 2.05) is 35.0 Å². The molecule has 1 aliphatic heterocycles. The number of aromatic hydroxyl groups is 1. The van der Waals surface area contributed by atoms with Crippen LogP contribution in [0.1, 0.15) is 24.8 Å². The number of nitrogens with zero attached hydrogens (tertiary/aromatic N) is 3. The van der Waals surface area contributed by atoms with Crippen molar-refractivity contribution in [1.82, 2.24) is 14.5 Å². The van der Waals surface area contributed by atoms with E-state index >= 15 is 0 Å². The van der Waals surface area contributed by atoms with Crippen molar-refractivity contribution in [2.24, 2.45) is 5.92 Å². The topological polar surface area (TPSA) is 67.3 Å². The van der Waals surface area contributed by atoms with Crippen LogP contribution in [0.5, 0.6) is 5.88 Å². The molecular weight excluding hydrogens is 372 g/mol. The highest BCUT2D eigenvalue weighted by Gasteiger charge is 2.21. The van der Waals surface area contributed by atoms with E-state index in [1.165, 1.54) is 18.4 Å². The Labute approximate surface area is 176 Å². The zero-order chi connectivity index (χ0) is 20.5. The van der Waals surface area contributed by atoms with Crippen LogP contribution in [-0.4, -0.2) is 32.6 Å². The maximum Gasteiger partial charge on any atom is 0.202 e. The Bertz CT molecular complexity index is 1160. The minimum atomic E-state index is 0.238. The number of hydrogen-bond donors (Lipinski definition) is 2. The summed E-state index contributed by atoms with van der Waals surface area (Å²) in [6, 6.07) is 18.5. The maximum atomic E-state index is 10.8. The number of anilines is 1. The summed E-state index contributed by atoms with van der Waals surface area (Å²) in [5, 5.41) is 12.4. The minimum Gasteiger partial charge on any atom is -0.494 e. The first-order valence-electron chi connectivity index (χ1n) is 10.8. The molecule has 154 valence electrons. The van der Waals surface area contributed by atoms with Crippen LogP contribution >= 0.6 is 0 Å². The Morgan fingerprint density at radius 3 is 2.50 bits per heavy atom. The van der Waals surface area contributed by atoms with Crippen LogP contribution < -0.4 is 5.73 Å². The van der Waals surface area contributed by atoms with Crippen LogP contribution in [0.4, 0.5) is 5.69 Å². The number of pyridine rings is 1. The molecule has 0 unspecified atom stereocenters. The molecule has 0 spiro atoms. The van der Waals surface area contributed by atoms with Gasteiger partial charge in [-0.3, -0.25) is 4.90 Å². The molecule has 2 aromatic heterocycles. The van der Waals surface area contributed by atoms with E-state index < -0.39 is 0 Å². The van der Waals surface area contributed by atoms with Gasteiger partial charge in [-0.25, -0.2) is 4.98 Å². The maximum absolute atomic E-state index is 10.8. The summed E-state index contributed by atoms with van der Waals surface area (Å²) in [5.74, 6) is 0.925. The van der Waals surface area contributed by atoms with Crippen LogP contribution in [-0.2, 0) is 13.1 Å². The van der Waals surface area contributed by atoms with Gasteiger partial charge in [-0.2, -0.15) is 0 Å². The van der Waals surface area contributed by atoms with Crippen molar-refractivity contribution in [3.8, 4) is 5.88 Å². The lowest BCUT2D eigenvalue weighted by molar-refractivity contribution is 0.168. The molecular formula is C25H28N4O. The summed E-state index contributed by atoms with van der Waals surface area (Å²) in [5.41, 5.74) is 10.00. The summed E-state index contributed by atoms with van der Waals surface area (Å²) in [6.07, 6.45) is 5.42. The number of piperidine rings is 1. The first kappa shape index (κ1) is 18.9. The van der Waals surface area contributed by atoms with Gasteiger partial charge in [0, 0.05) is 24.7 Å². The van der Waals surface area contributed by atoms with Crippen molar-refractivity contribution in [1.29, 1.82) is 0 Å². The molecule has 1 fully saturated rings. The van der Waals surface area contributed by atoms with Crippen molar-refractivity contribution in [2.45, 2.75) is 32.4 Å². The Kier molecular flexibility index (Phi) is 5.05. The van der Waals surface area contributed by atoms with E-state index in [2.05, 4.69) is 35.2 Å². The lowest BCUT2D eigenvalue weighted by atomic mass is 9.93. The fourth-order valence-electron chi connectivity index (χ4n) is 4.70. The summed E-state index contributed by atoms with van der Waals surface area (Å²) in [7, 11) is 0.